The Bertz CT molecular complexity index is 477. The molecule has 0 amide bonds. The minimum atomic E-state index is -5.41. The Morgan fingerprint density at radius 3 is 1.80 bits per heavy atom. The first-order valence-electron chi connectivity index (χ1n) is 9.77. The zero-order valence-electron chi connectivity index (χ0n) is 18.4. The standard InChI is InChI=1S/C15H34F6O5Si4/c1-27(2)24-30(11-8-16,25-28(3)4)26-29(5,6)10-7-9-22-12-14(18,23-13-17)15(19,20)21/h27-28H,7-13H2,1-6H3. The summed E-state index contributed by atoms with van der Waals surface area (Å²) in [4.78, 5) is 0. The fourth-order valence-corrected chi connectivity index (χ4v) is 16.7. The lowest BCUT2D eigenvalue weighted by molar-refractivity contribution is -0.353. The molecule has 15 heteroatoms. The molecule has 182 valence electrons. The third-order valence-electron chi connectivity index (χ3n) is 3.72. The van der Waals surface area contributed by atoms with Crippen molar-refractivity contribution in [2.75, 3.05) is 26.7 Å². The average molecular weight is 521 g/mol. The molecule has 0 spiro atoms. The Morgan fingerprint density at radius 1 is 0.867 bits per heavy atom. The molecule has 0 aliphatic rings. The summed E-state index contributed by atoms with van der Waals surface area (Å²) < 4.78 is 104. The number of alkyl halides is 6. The van der Waals surface area contributed by atoms with Crippen molar-refractivity contribution in [3.8, 4) is 0 Å². The highest BCUT2D eigenvalue weighted by atomic mass is 28.5. The van der Waals surface area contributed by atoms with Crippen molar-refractivity contribution < 1.29 is 48.2 Å². The normalized spacial score (nSPS) is 15.8. The molecular formula is C15H34F6O5Si4. The molecule has 30 heavy (non-hydrogen) atoms. The molecule has 0 saturated heterocycles. The van der Waals surface area contributed by atoms with E-state index in [9.17, 15) is 26.3 Å². The third kappa shape index (κ3) is 11.2. The Morgan fingerprint density at radius 2 is 1.40 bits per heavy atom. The van der Waals surface area contributed by atoms with Crippen molar-refractivity contribution in [1.29, 1.82) is 0 Å². The van der Waals surface area contributed by atoms with Crippen LogP contribution in [-0.2, 0) is 21.8 Å². The van der Waals surface area contributed by atoms with Gasteiger partial charge < -0.3 is 21.8 Å². The highest BCUT2D eigenvalue weighted by molar-refractivity contribution is 6.85. The molecule has 0 fully saturated rings. The predicted molar refractivity (Wildman–Crippen MR) is 112 cm³/mol. The van der Waals surface area contributed by atoms with Gasteiger partial charge in [0.15, 0.2) is 33.3 Å². The smallest absolute Gasteiger partial charge is 0.420 e. The van der Waals surface area contributed by atoms with Crippen LogP contribution in [0.3, 0.4) is 0 Å². The summed E-state index contributed by atoms with van der Waals surface area (Å²) in [5, 5.41) is 0. The van der Waals surface area contributed by atoms with E-state index in [4.69, 9.17) is 17.1 Å². The molecule has 0 radical (unpaired) electrons. The molecule has 0 aromatic heterocycles. The second-order valence-corrected chi connectivity index (χ2v) is 20.7. The Labute approximate surface area is 180 Å². The maximum absolute atomic E-state index is 13.7. The lowest BCUT2D eigenvalue weighted by Crippen LogP contribution is -2.57. The summed E-state index contributed by atoms with van der Waals surface area (Å²) in [7, 11) is -8.82. The van der Waals surface area contributed by atoms with E-state index in [1.807, 2.05) is 39.3 Å². The number of hydrogen-bond acceptors (Lipinski definition) is 5. The van der Waals surface area contributed by atoms with Gasteiger partial charge in [0, 0.05) is 12.7 Å². The Hall–Kier alpha value is 0.248. The highest BCUT2D eigenvalue weighted by Crippen LogP contribution is 2.35. The molecule has 0 rings (SSSR count). The fourth-order valence-electron chi connectivity index (χ4n) is 2.65. The summed E-state index contributed by atoms with van der Waals surface area (Å²) in [6, 6.07) is 0.516. The van der Waals surface area contributed by atoms with Crippen LogP contribution in [0.2, 0.25) is 51.4 Å². The van der Waals surface area contributed by atoms with E-state index in [1.54, 1.807) is 0 Å². The van der Waals surface area contributed by atoms with Crippen molar-refractivity contribution in [2.45, 2.75) is 69.8 Å². The Balaban J connectivity index is 4.88. The van der Waals surface area contributed by atoms with Crippen molar-refractivity contribution in [3.63, 3.8) is 0 Å². The lowest BCUT2D eigenvalue weighted by atomic mass is 10.3. The molecule has 0 aliphatic carbocycles. The van der Waals surface area contributed by atoms with Crippen molar-refractivity contribution >= 4 is 35.2 Å². The first kappa shape index (κ1) is 30.2. The molecule has 0 heterocycles. The zero-order chi connectivity index (χ0) is 23.6. The van der Waals surface area contributed by atoms with Crippen molar-refractivity contribution in [1.82, 2.24) is 0 Å². The number of rotatable bonds is 16. The van der Waals surface area contributed by atoms with Crippen LogP contribution in [0.1, 0.15) is 6.42 Å². The van der Waals surface area contributed by atoms with E-state index < -0.39 is 67.4 Å². The Kier molecular flexibility index (Phi) is 13.2. The molecule has 0 N–H and O–H groups in total. The first-order valence-corrected chi connectivity index (χ1v) is 20.4. The van der Waals surface area contributed by atoms with Crippen LogP contribution in [0.4, 0.5) is 26.3 Å². The first-order chi connectivity index (χ1) is 13.6. The molecule has 0 bridgehead atoms. The summed E-state index contributed by atoms with van der Waals surface area (Å²) >= 11 is 0. The van der Waals surface area contributed by atoms with Gasteiger partial charge in [-0.05, 0) is 51.7 Å². The molecule has 1 unspecified atom stereocenters. The zero-order valence-corrected chi connectivity index (χ0v) is 22.7. The largest absolute Gasteiger partial charge is 0.471 e. The topological polar surface area (TPSA) is 46.2 Å². The minimum absolute atomic E-state index is 0.0623. The van der Waals surface area contributed by atoms with Gasteiger partial charge in [-0.25, -0.2) is 4.39 Å². The van der Waals surface area contributed by atoms with Crippen LogP contribution in [0.25, 0.3) is 0 Å². The van der Waals surface area contributed by atoms with Crippen LogP contribution in [0.15, 0.2) is 0 Å². The molecule has 5 nitrogen and oxygen atoms in total. The summed E-state index contributed by atoms with van der Waals surface area (Å²) in [5.41, 5.74) is 0. The molecule has 0 saturated carbocycles. The molecule has 0 aliphatic heterocycles. The van der Waals surface area contributed by atoms with Crippen LogP contribution in [0, 0.1) is 0 Å². The minimum Gasteiger partial charge on any atom is -0.420 e. The van der Waals surface area contributed by atoms with Crippen LogP contribution in [-0.4, -0.2) is 74.0 Å². The third-order valence-corrected chi connectivity index (χ3v) is 16.2. The van der Waals surface area contributed by atoms with Crippen molar-refractivity contribution in [2.24, 2.45) is 0 Å². The SMILES string of the molecule is C[SiH](C)O[Si](CCF)(O[SiH](C)C)O[Si](C)(C)CCCOCC(F)(OCF)C(F)(F)F. The van der Waals surface area contributed by atoms with E-state index in [0.29, 0.717) is 6.04 Å². The van der Waals surface area contributed by atoms with Gasteiger partial charge in [0.2, 0.25) is 0 Å². The number of hydrogen-bond donors (Lipinski definition) is 0. The number of ether oxygens (including phenoxy) is 2. The van der Waals surface area contributed by atoms with Crippen LogP contribution < -0.4 is 0 Å². The highest BCUT2D eigenvalue weighted by Gasteiger charge is 2.58. The van der Waals surface area contributed by atoms with Crippen LogP contribution in [0.5, 0.6) is 0 Å². The molecular weight excluding hydrogens is 486 g/mol. The fraction of sp³-hybridized carbons (Fsp3) is 1.00. The quantitative estimate of drug-likeness (QED) is 0.168. The second-order valence-electron chi connectivity index (χ2n) is 7.95. The molecule has 0 aromatic carbocycles. The van der Waals surface area contributed by atoms with Gasteiger partial charge >= 0.3 is 20.8 Å². The van der Waals surface area contributed by atoms with Crippen molar-refractivity contribution in [3.05, 3.63) is 0 Å². The van der Waals surface area contributed by atoms with Gasteiger partial charge in [0.1, 0.15) is 6.61 Å². The predicted octanol–water partition coefficient (Wildman–Crippen LogP) is 4.69. The maximum Gasteiger partial charge on any atom is 0.471 e. The summed E-state index contributed by atoms with van der Waals surface area (Å²) in [6.07, 6.45) is -5.13. The van der Waals surface area contributed by atoms with E-state index in [2.05, 4.69) is 4.74 Å². The van der Waals surface area contributed by atoms with Gasteiger partial charge in [-0.15, -0.1) is 0 Å². The lowest BCUT2D eigenvalue weighted by Gasteiger charge is -2.39. The van der Waals surface area contributed by atoms with Gasteiger partial charge in [0.05, 0.1) is 6.67 Å². The number of halogens is 6. The summed E-state index contributed by atoms with van der Waals surface area (Å²) in [5.74, 6) is -4.19. The van der Waals surface area contributed by atoms with Crippen LogP contribution >= 0.6 is 0 Å². The average Bonchev–Trinajstić information content (AvgIpc) is 2.51. The van der Waals surface area contributed by atoms with E-state index in [0.717, 1.165) is 0 Å². The molecule has 1 atom stereocenters. The van der Waals surface area contributed by atoms with E-state index in [-0.39, 0.29) is 19.1 Å². The van der Waals surface area contributed by atoms with Gasteiger partial charge in [-0.2, -0.15) is 17.6 Å². The van der Waals surface area contributed by atoms with Gasteiger partial charge in [-0.3, -0.25) is 4.39 Å². The van der Waals surface area contributed by atoms with E-state index >= 15 is 0 Å². The van der Waals surface area contributed by atoms with E-state index in [1.165, 1.54) is 0 Å². The summed E-state index contributed by atoms with van der Waals surface area (Å²) in [6.45, 7) is 7.32. The monoisotopic (exact) mass is 520 g/mol. The maximum atomic E-state index is 13.7. The second kappa shape index (κ2) is 13.1. The van der Waals surface area contributed by atoms with Gasteiger partial charge in [-0.1, -0.05) is 0 Å². The molecule has 0 aromatic rings. The van der Waals surface area contributed by atoms with Gasteiger partial charge in [0.25, 0.3) is 0 Å².